The molecule has 1 aliphatic carbocycles. The number of hydrogen-bond donors (Lipinski definition) is 2. The molecule has 0 saturated heterocycles. The Morgan fingerprint density at radius 3 is 2.64 bits per heavy atom. The SMILES string of the molecule is CS(=O)(=O)c1ccc(F)c(CN=C(N)NC2CCCC2)c1.I. The normalized spacial score (nSPS) is 16.4. The summed E-state index contributed by atoms with van der Waals surface area (Å²) in [7, 11) is -3.36. The summed E-state index contributed by atoms with van der Waals surface area (Å²) in [5.74, 6) is -0.217. The molecule has 1 saturated carbocycles. The van der Waals surface area contributed by atoms with Gasteiger partial charge in [0.05, 0.1) is 11.4 Å². The molecule has 0 aliphatic heterocycles. The Morgan fingerprint density at radius 2 is 2.05 bits per heavy atom. The van der Waals surface area contributed by atoms with Crippen LogP contribution in [0.4, 0.5) is 4.39 Å². The van der Waals surface area contributed by atoms with Gasteiger partial charge < -0.3 is 11.1 Å². The summed E-state index contributed by atoms with van der Waals surface area (Å²) in [6, 6.07) is 4.03. The van der Waals surface area contributed by atoms with Gasteiger partial charge in [0.25, 0.3) is 0 Å². The van der Waals surface area contributed by atoms with E-state index in [0.29, 0.717) is 6.04 Å². The first-order valence-corrected chi connectivity index (χ1v) is 8.80. The van der Waals surface area contributed by atoms with Crippen LogP contribution in [0.2, 0.25) is 0 Å². The molecule has 1 aliphatic rings. The van der Waals surface area contributed by atoms with Crippen LogP contribution in [-0.2, 0) is 16.4 Å². The van der Waals surface area contributed by atoms with Gasteiger partial charge in [0.2, 0.25) is 0 Å². The van der Waals surface area contributed by atoms with Gasteiger partial charge in [-0.2, -0.15) is 0 Å². The van der Waals surface area contributed by atoms with E-state index in [1.165, 1.54) is 25.0 Å². The average Bonchev–Trinajstić information content (AvgIpc) is 2.89. The van der Waals surface area contributed by atoms with Crippen LogP contribution in [0.3, 0.4) is 0 Å². The van der Waals surface area contributed by atoms with Crippen molar-refractivity contribution in [3.8, 4) is 0 Å². The van der Waals surface area contributed by atoms with Crippen molar-refractivity contribution in [1.29, 1.82) is 0 Å². The molecule has 0 atom stereocenters. The number of rotatable bonds is 4. The van der Waals surface area contributed by atoms with Crippen LogP contribution in [0, 0.1) is 5.82 Å². The zero-order valence-electron chi connectivity index (χ0n) is 12.4. The highest BCUT2D eigenvalue weighted by Gasteiger charge is 2.15. The van der Waals surface area contributed by atoms with Crippen molar-refractivity contribution in [2.45, 2.75) is 43.2 Å². The van der Waals surface area contributed by atoms with Crippen molar-refractivity contribution >= 4 is 39.8 Å². The maximum absolute atomic E-state index is 13.7. The third-order valence-electron chi connectivity index (χ3n) is 3.57. The molecule has 3 N–H and O–H groups in total. The number of halogens is 2. The minimum atomic E-state index is -3.36. The monoisotopic (exact) mass is 441 g/mol. The number of aliphatic imine (C=N–C) groups is 1. The molecule has 2 rings (SSSR count). The zero-order chi connectivity index (χ0) is 15.5. The van der Waals surface area contributed by atoms with E-state index in [1.807, 2.05) is 0 Å². The van der Waals surface area contributed by atoms with Crippen molar-refractivity contribution in [2.75, 3.05) is 6.26 Å². The summed E-state index contributed by atoms with van der Waals surface area (Å²) < 4.78 is 36.6. The van der Waals surface area contributed by atoms with E-state index >= 15 is 0 Å². The molecule has 1 fully saturated rings. The predicted molar refractivity (Wildman–Crippen MR) is 95.6 cm³/mol. The molecule has 0 heterocycles. The van der Waals surface area contributed by atoms with Crippen LogP contribution >= 0.6 is 24.0 Å². The first kappa shape index (κ1) is 19.1. The van der Waals surface area contributed by atoms with Crippen LogP contribution in [0.15, 0.2) is 28.1 Å². The first-order valence-electron chi connectivity index (χ1n) is 6.91. The number of guanidine groups is 1. The fraction of sp³-hybridized carbons (Fsp3) is 0.500. The molecule has 1 aromatic carbocycles. The molecule has 5 nitrogen and oxygen atoms in total. The highest BCUT2D eigenvalue weighted by Crippen LogP contribution is 2.18. The number of benzene rings is 1. The van der Waals surface area contributed by atoms with Crippen molar-refractivity contribution in [3.05, 3.63) is 29.6 Å². The lowest BCUT2D eigenvalue weighted by molar-refractivity contribution is 0.596. The lowest BCUT2D eigenvalue weighted by Crippen LogP contribution is -2.38. The van der Waals surface area contributed by atoms with Crippen LogP contribution in [0.1, 0.15) is 31.2 Å². The van der Waals surface area contributed by atoms with Crippen LogP contribution in [0.5, 0.6) is 0 Å². The summed E-state index contributed by atoms with van der Waals surface area (Å²) in [5.41, 5.74) is 5.99. The van der Waals surface area contributed by atoms with Crippen molar-refractivity contribution < 1.29 is 12.8 Å². The Balaban J connectivity index is 0.00000242. The van der Waals surface area contributed by atoms with E-state index < -0.39 is 15.7 Å². The lowest BCUT2D eigenvalue weighted by atomic mass is 10.2. The van der Waals surface area contributed by atoms with E-state index in [1.54, 1.807) is 0 Å². The molecule has 1 aromatic rings. The molecule has 0 radical (unpaired) electrons. The Morgan fingerprint density at radius 1 is 1.41 bits per heavy atom. The molecule has 0 unspecified atom stereocenters. The Bertz CT molecular complexity index is 643. The lowest BCUT2D eigenvalue weighted by Gasteiger charge is -2.12. The van der Waals surface area contributed by atoms with Crippen molar-refractivity contribution in [3.63, 3.8) is 0 Å². The Hall–Kier alpha value is -0.900. The maximum Gasteiger partial charge on any atom is 0.189 e. The second-order valence-electron chi connectivity index (χ2n) is 5.35. The minimum Gasteiger partial charge on any atom is -0.370 e. The van der Waals surface area contributed by atoms with Gasteiger partial charge >= 0.3 is 0 Å². The number of hydrogen-bond acceptors (Lipinski definition) is 3. The van der Waals surface area contributed by atoms with E-state index in [0.717, 1.165) is 25.2 Å². The van der Waals surface area contributed by atoms with Gasteiger partial charge in [0.15, 0.2) is 15.8 Å². The minimum absolute atomic E-state index is 0. The second-order valence-corrected chi connectivity index (χ2v) is 7.37. The van der Waals surface area contributed by atoms with E-state index in [9.17, 15) is 12.8 Å². The average molecular weight is 441 g/mol. The summed E-state index contributed by atoms with van der Waals surface area (Å²) >= 11 is 0. The highest BCUT2D eigenvalue weighted by atomic mass is 127. The molecule has 22 heavy (non-hydrogen) atoms. The zero-order valence-corrected chi connectivity index (χ0v) is 15.5. The molecule has 8 heteroatoms. The molecular weight excluding hydrogens is 420 g/mol. The fourth-order valence-corrected chi connectivity index (χ4v) is 3.07. The van der Waals surface area contributed by atoms with Gasteiger partial charge in [-0.05, 0) is 31.0 Å². The van der Waals surface area contributed by atoms with Crippen LogP contribution in [-0.4, -0.2) is 26.7 Å². The van der Waals surface area contributed by atoms with Gasteiger partial charge in [0, 0.05) is 17.9 Å². The van der Waals surface area contributed by atoms with Gasteiger partial charge in [-0.1, -0.05) is 12.8 Å². The molecule has 0 spiro atoms. The van der Waals surface area contributed by atoms with E-state index in [4.69, 9.17) is 5.73 Å². The van der Waals surface area contributed by atoms with Gasteiger partial charge in [-0.25, -0.2) is 17.8 Å². The van der Waals surface area contributed by atoms with E-state index in [2.05, 4.69) is 10.3 Å². The standard InChI is InChI=1S/C14H20FN3O2S.HI/c1-21(19,20)12-6-7-13(15)10(8-12)9-17-14(16)18-11-4-2-3-5-11;/h6-8,11H,2-5,9H2,1H3,(H3,16,17,18);1H. The van der Waals surface area contributed by atoms with E-state index in [-0.39, 0.29) is 46.9 Å². The molecular formula is C14H21FIN3O2S. The molecule has 0 aromatic heterocycles. The highest BCUT2D eigenvalue weighted by molar-refractivity contribution is 14.0. The third kappa shape index (κ3) is 5.38. The van der Waals surface area contributed by atoms with Crippen LogP contribution < -0.4 is 11.1 Å². The van der Waals surface area contributed by atoms with Crippen molar-refractivity contribution in [1.82, 2.24) is 5.32 Å². The fourth-order valence-electron chi connectivity index (χ4n) is 2.40. The summed E-state index contributed by atoms with van der Waals surface area (Å²) in [6.45, 7) is 0.0146. The number of sulfone groups is 1. The molecule has 0 bridgehead atoms. The summed E-state index contributed by atoms with van der Waals surface area (Å²) in [5, 5.41) is 3.10. The first-order chi connectivity index (χ1) is 9.86. The van der Waals surface area contributed by atoms with Gasteiger partial charge in [0.1, 0.15) is 5.82 Å². The number of nitrogens with two attached hydrogens (primary N) is 1. The largest absolute Gasteiger partial charge is 0.370 e. The van der Waals surface area contributed by atoms with Crippen LogP contribution in [0.25, 0.3) is 0 Å². The predicted octanol–water partition coefficient (Wildman–Crippen LogP) is 2.19. The number of nitrogens with zero attached hydrogens (tertiary/aromatic N) is 1. The second kappa shape index (κ2) is 8.09. The van der Waals surface area contributed by atoms with Gasteiger partial charge in [-0.3, -0.25) is 0 Å². The third-order valence-corrected chi connectivity index (χ3v) is 4.68. The smallest absolute Gasteiger partial charge is 0.189 e. The Kier molecular flexibility index (Phi) is 7.04. The van der Waals surface area contributed by atoms with Crippen molar-refractivity contribution in [2.24, 2.45) is 10.7 Å². The summed E-state index contributed by atoms with van der Waals surface area (Å²) in [6.07, 6.45) is 5.57. The van der Waals surface area contributed by atoms with Gasteiger partial charge in [-0.15, -0.1) is 24.0 Å². The number of nitrogens with one attached hydrogen (secondary N) is 1. The quantitative estimate of drug-likeness (QED) is 0.325. The molecule has 124 valence electrons. The topological polar surface area (TPSA) is 84.5 Å². The maximum atomic E-state index is 13.7. The molecule has 0 amide bonds. The Labute approximate surface area is 147 Å². The summed E-state index contributed by atoms with van der Waals surface area (Å²) in [4.78, 5) is 4.17.